The van der Waals surface area contributed by atoms with Gasteiger partial charge in [-0.15, -0.1) is 0 Å². The molecular weight excluding hydrogens is 283 g/mol. The van der Waals surface area contributed by atoms with Gasteiger partial charge >= 0.3 is 0 Å². The van der Waals surface area contributed by atoms with Crippen LogP contribution in [0.2, 0.25) is 5.02 Å². The SMILES string of the molecule is Cc1ccc(CNc2ccc(Cl)cc2[N+](=O)[O-])cc1F. The van der Waals surface area contributed by atoms with Gasteiger partial charge in [0.2, 0.25) is 0 Å². The van der Waals surface area contributed by atoms with E-state index in [-0.39, 0.29) is 11.5 Å². The van der Waals surface area contributed by atoms with Crippen LogP contribution in [0.5, 0.6) is 0 Å². The Morgan fingerprint density at radius 3 is 2.70 bits per heavy atom. The lowest BCUT2D eigenvalue weighted by atomic mass is 10.1. The van der Waals surface area contributed by atoms with Crippen molar-refractivity contribution in [1.29, 1.82) is 0 Å². The van der Waals surface area contributed by atoms with Crippen molar-refractivity contribution in [3.63, 3.8) is 0 Å². The van der Waals surface area contributed by atoms with E-state index in [9.17, 15) is 14.5 Å². The summed E-state index contributed by atoms with van der Waals surface area (Å²) >= 11 is 5.73. The highest BCUT2D eigenvalue weighted by Gasteiger charge is 2.14. The van der Waals surface area contributed by atoms with Gasteiger partial charge in [0.25, 0.3) is 5.69 Å². The van der Waals surface area contributed by atoms with Crippen LogP contribution in [0.25, 0.3) is 0 Å². The number of benzene rings is 2. The lowest BCUT2D eigenvalue weighted by Crippen LogP contribution is -2.03. The van der Waals surface area contributed by atoms with Crippen molar-refractivity contribution in [3.05, 3.63) is 68.5 Å². The molecule has 4 nitrogen and oxygen atoms in total. The largest absolute Gasteiger partial charge is 0.375 e. The van der Waals surface area contributed by atoms with Gasteiger partial charge < -0.3 is 5.32 Å². The number of nitrogens with one attached hydrogen (secondary N) is 1. The van der Waals surface area contributed by atoms with E-state index >= 15 is 0 Å². The average molecular weight is 295 g/mol. The van der Waals surface area contributed by atoms with Crippen LogP contribution in [0.15, 0.2) is 36.4 Å². The van der Waals surface area contributed by atoms with Gasteiger partial charge in [-0.25, -0.2) is 4.39 Å². The fourth-order valence-corrected chi connectivity index (χ4v) is 1.92. The first-order chi connectivity index (χ1) is 9.47. The standard InChI is InChI=1S/C14H12ClFN2O2/c1-9-2-3-10(6-12(9)16)8-17-13-5-4-11(15)7-14(13)18(19)20/h2-7,17H,8H2,1H3. The van der Waals surface area contributed by atoms with Crippen molar-refractivity contribution >= 4 is 23.0 Å². The Morgan fingerprint density at radius 2 is 2.05 bits per heavy atom. The van der Waals surface area contributed by atoms with Crippen LogP contribution >= 0.6 is 11.6 Å². The molecule has 2 aromatic carbocycles. The fraction of sp³-hybridized carbons (Fsp3) is 0.143. The predicted octanol–water partition coefficient (Wildman–Crippen LogP) is 4.31. The summed E-state index contributed by atoms with van der Waals surface area (Å²) in [6.45, 7) is 1.97. The van der Waals surface area contributed by atoms with E-state index < -0.39 is 4.92 Å². The van der Waals surface area contributed by atoms with Crippen LogP contribution in [0.1, 0.15) is 11.1 Å². The molecule has 20 heavy (non-hydrogen) atoms. The van der Waals surface area contributed by atoms with E-state index in [4.69, 9.17) is 11.6 Å². The molecule has 0 aliphatic rings. The molecule has 0 radical (unpaired) electrons. The molecule has 0 saturated carbocycles. The van der Waals surface area contributed by atoms with E-state index in [2.05, 4.69) is 5.32 Å². The Balaban J connectivity index is 2.18. The van der Waals surface area contributed by atoms with Gasteiger partial charge in [0.15, 0.2) is 0 Å². The zero-order valence-electron chi connectivity index (χ0n) is 10.7. The Morgan fingerprint density at radius 1 is 1.30 bits per heavy atom. The topological polar surface area (TPSA) is 55.2 Å². The number of aryl methyl sites for hydroxylation is 1. The molecule has 104 valence electrons. The lowest BCUT2D eigenvalue weighted by molar-refractivity contribution is -0.383. The summed E-state index contributed by atoms with van der Waals surface area (Å²) in [5, 5.41) is 14.1. The molecule has 0 spiro atoms. The maximum Gasteiger partial charge on any atom is 0.293 e. The van der Waals surface area contributed by atoms with Crippen LogP contribution in [0.3, 0.4) is 0 Å². The molecule has 1 N–H and O–H groups in total. The molecule has 0 fully saturated rings. The van der Waals surface area contributed by atoms with Crippen molar-refractivity contribution in [2.75, 3.05) is 5.32 Å². The van der Waals surface area contributed by atoms with Gasteiger partial charge in [-0.05, 0) is 36.2 Å². The Labute approximate surface area is 120 Å². The summed E-state index contributed by atoms with van der Waals surface area (Å²) in [4.78, 5) is 10.4. The second kappa shape index (κ2) is 5.88. The van der Waals surface area contributed by atoms with Crippen molar-refractivity contribution in [3.8, 4) is 0 Å². The highest BCUT2D eigenvalue weighted by atomic mass is 35.5. The van der Waals surface area contributed by atoms with Gasteiger partial charge in [0.05, 0.1) is 4.92 Å². The van der Waals surface area contributed by atoms with Crippen LogP contribution in [-0.2, 0) is 6.54 Å². The second-order valence-corrected chi connectivity index (χ2v) is 4.79. The summed E-state index contributed by atoms with van der Waals surface area (Å²) in [5.41, 5.74) is 1.51. The average Bonchev–Trinajstić information content (AvgIpc) is 2.41. The van der Waals surface area contributed by atoms with Crippen LogP contribution in [0, 0.1) is 22.9 Å². The number of nitrogens with zero attached hydrogens (tertiary/aromatic N) is 1. The second-order valence-electron chi connectivity index (χ2n) is 4.36. The number of anilines is 1. The Kier molecular flexibility index (Phi) is 4.20. The van der Waals surface area contributed by atoms with Crippen molar-refractivity contribution < 1.29 is 9.31 Å². The first kappa shape index (κ1) is 14.3. The molecule has 0 unspecified atom stereocenters. The lowest BCUT2D eigenvalue weighted by Gasteiger charge is -2.08. The first-order valence-electron chi connectivity index (χ1n) is 5.90. The van der Waals surface area contributed by atoms with Gasteiger partial charge in [-0.3, -0.25) is 10.1 Å². The first-order valence-corrected chi connectivity index (χ1v) is 6.28. The molecule has 0 heterocycles. The summed E-state index contributed by atoms with van der Waals surface area (Å²) in [6, 6.07) is 9.22. The highest BCUT2D eigenvalue weighted by molar-refractivity contribution is 6.30. The number of nitro benzene ring substituents is 1. The highest BCUT2D eigenvalue weighted by Crippen LogP contribution is 2.28. The summed E-state index contributed by atoms with van der Waals surface area (Å²) in [7, 11) is 0. The van der Waals surface area contributed by atoms with E-state index in [1.807, 2.05) is 0 Å². The minimum atomic E-state index is -0.510. The third kappa shape index (κ3) is 3.24. The summed E-state index contributed by atoms with van der Waals surface area (Å²) in [6.07, 6.45) is 0. The minimum Gasteiger partial charge on any atom is -0.375 e. The minimum absolute atomic E-state index is 0.106. The molecule has 0 aromatic heterocycles. The summed E-state index contributed by atoms with van der Waals surface area (Å²) < 4.78 is 13.4. The molecule has 0 aliphatic carbocycles. The van der Waals surface area contributed by atoms with Gasteiger partial charge in [-0.1, -0.05) is 23.7 Å². The smallest absolute Gasteiger partial charge is 0.293 e. The number of rotatable bonds is 4. The zero-order chi connectivity index (χ0) is 14.7. The van der Waals surface area contributed by atoms with E-state index in [1.54, 1.807) is 25.1 Å². The number of hydrogen-bond donors (Lipinski definition) is 1. The molecule has 2 rings (SSSR count). The predicted molar refractivity (Wildman–Crippen MR) is 76.6 cm³/mol. The van der Waals surface area contributed by atoms with Gasteiger partial charge in [-0.2, -0.15) is 0 Å². The molecular formula is C14H12ClFN2O2. The van der Waals surface area contributed by atoms with Crippen LogP contribution in [-0.4, -0.2) is 4.92 Å². The monoisotopic (exact) mass is 294 g/mol. The van der Waals surface area contributed by atoms with E-state index in [0.29, 0.717) is 28.4 Å². The third-order valence-electron chi connectivity index (χ3n) is 2.88. The van der Waals surface area contributed by atoms with Crippen molar-refractivity contribution in [2.45, 2.75) is 13.5 Å². The normalized spacial score (nSPS) is 10.3. The van der Waals surface area contributed by atoms with Gasteiger partial charge in [0.1, 0.15) is 11.5 Å². The van der Waals surface area contributed by atoms with E-state index in [1.165, 1.54) is 18.2 Å². The summed E-state index contributed by atoms with van der Waals surface area (Å²) in [5.74, 6) is -0.296. The van der Waals surface area contributed by atoms with Crippen LogP contribution < -0.4 is 5.32 Å². The van der Waals surface area contributed by atoms with Crippen molar-refractivity contribution in [2.24, 2.45) is 0 Å². The zero-order valence-corrected chi connectivity index (χ0v) is 11.4. The molecule has 6 heteroatoms. The van der Waals surface area contributed by atoms with Gasteiger partial charge in [0, 0.05) is 17.6 Å². The number of nitro groups is 1. The quantitative estimate of drug-likeness (QED) is 0.675. The number of hydrogen-bond acceptors (Lipinski definition) is 3. The van der Waals surface area contributed by atoms with Crippen LogP contribution in [0.4, 0.5) is 15.8 Å². The molecule has 0 bridgehead atoms. The molecule has 0 saturated heterocycles. The Hall–Kier alpha value is -2.14. The van der Waals surface area contributed by atoms with E-state index in [0.717, 1.165) is 0 Å². The third-order valence-corrected chi connectivity index (χ3v) is 3.11. The molecule has 0 aliphatic heterocycles. The maximum atomic E-state index is 13.4. The molecule has 0 amide bonds. The molecule has 0 atom stereocenters. The Bertz CT molecular complexity index is 662. The number of halogens is 2. The fourth-order valence-electron chi connectivity index (χ4n) is 1.75. The van der Waals surface area contributed by atoms with Crippen molar-refractivity contribution in [1.82, 2.24) is 0 Å². The maximum absolute atomic E-state index is 13.4. The molecule has 2 aromatic rings.